The molecule has 0 aliphatic heterocycles. The molecule has 6 heteroatoms. The molecule has 0 saturated carbocycles. The molecule has 0 aromatic rings. The van der Waals surface area contributed by atoms with Crippen molar-refractivity contribution in [2.75, 3.05) is 0 Å². The van der Waals surface area contributed by atoms with E-state index in [0.29, 0.717) is 0 Å². The highest BCUT2D eigenvalue weighted by molar-refractivity contribution is 5.95. The molecule has 13 heavy (non-hydrogen) atoms. The highest BCUT2D eigenvalue weighted by atomic mass is 19.4. The fraction of sp³-hybridized carbons (Fsp3) is 0.714. The van der Waals surface area contributed by atoms with Gasteiger partial charge in [-0.05, 0) is 6.42 Å². The molecule has 1 N–H and O–H groups in total. The molecule has 0 aliphatic rings. The first-order valence-electron chi connectivity index (χ1n) is 3.67. The maximum absolute atomic E-state index is 12.0. The van der Waals surface area contributed by atoms with E-state index in [0.717, 1.165) is 6.92 Å². The van der Waals surface area contributed by atoms with Crippen molar-refractivity contribution in [2.24, 2.45) is 5.92 Å². The van der Waals surface area contributed by atoms with E-state index in [9.17, 15) is 22.8 Å². The first kappa shape index (κ1) is 11.9. The van der Waals surface area contributed by atoms with E-state index in [-0.39, 0.29) is 6.42 Å². The summed E-state index contributed by atoms with van der Waals surface area (Å²) in [6.07, 6.45) is -4.96. The number of hydrogen-bond acceptors (Lipinski definition) is 2. The van der Waals surface area contributed by atoms with Gasteiger partial charge in [0.15, 0.2) is 0 Å². The van der Waals surface area contributed by atoms with Crippen LogP contribution in [-0.2, 0) is 9.59 Å². The van der Waals surface area contributed by atoms with E-state index >= 15 is 0 Å². The number of carbonyl (C=O) groups excluding carboxylic acids is 2. The normalized spacial score (nSPS) is 13.6. The average molecular weight is 197 g/mol. The van der Waals surface area contributed by atoms with Gasteiger partial charge in [0.2, 0.25) is 11.8 Å². The fourth-order valence-corrected chi connectivity index (χ4v) is 0.826. The molecule has 0 heterocycles. The van der Waals surface area contributed by atoms with Crippen LogP contribution in [0, 0.1) is 5.92 Å². The zero-order chi connectivity index (χ0) is 10.6. The number of imide groups is 1. The minimum atomic E-state index is -4.59. The summed E-state index contributed by atoms with van der Waals surface area (Å²) < 4.78 is 36.1. The maximum Gasteiger partial charge on any atom is 0.400 e. The van der Waals surface area contributed by atoms with Gasteiger partial charge in [-0.1, -0.05) is 6.92 Å². The Kier molecular flexibility index (Phi) is 3.90. The maximum atomic E-state index is 12.0. The van der Waals surface area contributed by atoms with Crippen LogP contribution in [0.2, 0.25) is 0 Å². The number of alkyl halides is 3. The molecule has 76 valence electrons. The molecule has 1 atom stereocenters. The molecule has 3 nitrogen and oxygen atoms in total. The summed E-state index contributed by atoms with van der Waals surface area (Å²) in [7, 11) is 0. The Bertz CT molecular complexity index is 212. The molecule has 0 aromatic carbocycles. The molecular weight excluding hydrogens is 187 g/mol. The summed E-state index contributed by atoms with van der Waals surface area (Å²) in [4.78, 5) is 21.1. The van der Waals surface area contributed by atoms with Crippen molar-refractivity contribution >= 4 is 11.8 Å². The highest BCUT2D eigenvalue weighted by Crippen LogP contribution is 2.28. The van der Waals surface area contributed by atoms with Crippen molar-refractivity contribution in [3.63, 3.8) is 0 Å². The summed E-state index contributed by atoms with van der Waals surface area (Å²) >= 11 is 0. The molecule has 0 aromatic heterocycles. The van der Waals surface area contributed by atoms with Crippen LogP contribution < -0.4 is 5.32 Å². The third-order valence-electron chi connectivity index (χ3n) is 1.42. The second-order valence-electron chi connectivity index (χ2n) is 2.55. The number of hydrogen-bond donors (Lipinski definition) is 1. The lowest BCUT2D eigenvalue weighted by atomic mass is 10.1. The highest BCUT2D eigenvalue weighted by Gasteiger charge is 2.43. The van der Waals surface area contributed by atoms with Gasteiger partial charge in [0.25, 0.3) is 0 Å². The van der Waals surface area contributed by atoms with Crippen LogP contribution in [0.4, 0.5) is 13.2 Å². The Morgan fingerprint density at radius 3 is 2.08 bits per heavy atom. The van der Waals surface area contributed by atoms with Crippen molar-refractivity contribution in [3.8, 4) is 0 Å². The molecule has 0 aliphatic carbocycles. The van der Waals surface area contributed by atoms with E-state index < -0.39 is 23.9 Å². The minimum absolute atomic E-state index is 0.372. The van der Waals surface area contributed by atoms with Crippen molar-refractivity contribution in [1.29, 1.82) is 0 Å². The van der Waals surface area contributed by atoms with Crippen LogP contribution in [0.1, 0.15) is 20.3 Å². The van der Waals surface area contributed by atoms with Crippen LogP contribution in [0.25, 0.3) is 0 Å². The van der Waals surface area contributed by atoms with Crippen LogP contribution >= 0.6 is 0 Å². The van der Waals surface area contributed by atoms with Crippen molar-refractivity contribution in [2.45, 2.75) is 26.4 Å². The zero-order valence-corrected chi connectivity index (χ0v) is 7.23. The predicted molar refractivity (Wildman–Crippen MR) is 38.7 cm³/mol. The largest absolute Gasteiger partial charge is 0.400 e. The lowest BCUT2D eigenvalue weighted by Crippen LogP contribution is -2.40. The first-order valence-corrected chi connectivity index (χ1v) is 3.67. The second-order valence-corrected chi connectivity index (χ2v) is 2.55. The molecule has 0 spiro atoms. The molecule has 0 rings (SSSR count). The van der Waals surface area contributed by atoms with Gasteiger partial charge in [-0.15, -0.1) is 0 Å². The Labute approximate surface area is 73.3 Å². The van der Waals surface area contributed by atoms with Crippen LogP contribution in [-0.4, -0.2) is 18.0 Å². The predicted octanol–water partition coefficient (Wildman–Crippen LogP) is 1.24. The molecule has 2 amide bonds. The number of amides is 2. The fourth-order valence-electron chi connectivity index (χ4n) is 0.826. The van der Waals surface area contributed by atoms with Crippen LogP contribution in [0.3, 0.4) is 0 Å². The number of carbonyl (C=O) groups is 2. The molecular formula is C7H10F3NO2. The van der Waals surface area contributed by atoms with Gasteiger partial charge in [0.1, 0.15) is 5.92 Å². The third-order valence-corrected chi connectivity index (χ3v) is 1.42. The van der Waals surface area contributed by atoms with Crippen molar-refractivity contribution in [3.05, 3.63) is 0 Å². The van der Waals surface area contributed by atoms with Gasteiger partial charge in [0.05, 0.1) is 0 Å². The summed E-state index contributed by atoms with van der Waals surface area (Å²) in [5.41, 5.74) is 0. The Balaban J connectivity index is 4.42. The Hall–Kier alpha value is -1.07. The SMILES string of the molecule is CCC(C(=O)NC(C)=O)C(F)(F)F. The lowest BCUT2D eigenvalue weighted by molar-refractivity contribution is -0.183. The van der Waals surface area contributed by atoms with Gasteiger partial charge < -0.3 is 0 Å². The lowest BCUT2D eigenvalue weighted by Gasteiger charge is -2.16. The third kappa shape index (κ3) is 3.91. The average Bonchev–Trinajstić information content (AvgIpc) is 1.82. The Morgan fingerprint density at radius 2 is 1.85 bits per heavy atom. The van der Waals surface area contributed by atoms with E-state index in [1.54, 1.807) is 5.32 Å². The number of nitrogens with one attached hydrogen (secondary N) is 1. The monoisotopic (exact) mass is 197 g/mol. The van der Waals surface area contributed by atoms with E-state index in [2.05, 4.69) is 0 Å². The molecule has 0 saturated heterocycles. The van der Waals surface area contributed by atoms with Gasteiger partial charge >= 0.3 is 6.18 Å². The van der Waals surface area contributed by atoms with Gasteiger partial charge in [0, 0.05) is 6.92 Å². The molecule has 0 fully saturated rings. The number of rotatable bonds is 2. The van der Waals surface area contributed by atoms with Crippen LogP contribution in [0.5, 0.6) is 0 Å². The van der Waals surface area contributed by atoms with Gasteiger partial charge in [-0.2, -0.15) is 13.2 Å². The summed E-state index contributed by atoms with van der Waals surface area (Å²) in [6.45, 7) is 2.22. The quantitative estimate of drug-likeness (QED) is 0.723. The zero-order valence-electron chi connectivity index (χ0n) is 7.23. The molecule has 0 bridgehead atoms. The molecule has 0 radical (unpaired) electrons. The van der Waals surface area contributed by atoms with Gasteiger partial charge in [-0.25, -0.2) is 0 Å². The smallest absolute Gasteiger partial charge is 0.296 e. The minimum Gasteiger partial charge on any atom is -0.296 e. The Morgan fingerprint density at radius 1 is 1.38 bits per heavy atom. The van der Waals surface area contributed by atoms with Crippen molar-refractivity contribution < 1.29 is 22.8 Å². The van der Waals surface area contributed by atoms with E-state index in [4.69, 9.17) is 0 Å². The summed E-state index contributed by atoms with van der Waals surface area (Å²) in [5.74, 6) is -4.17. The van der Waals surface area contributed by atoms with Gasteiger partial charge in [-0.3, -0.25) is 14.9 Å². The number of halogens is 3. The second kappa shape index (κ2) is 4.25. The van der Waals surface area contributed by atoms with Crippen molar-refractivity contribution in [1.82, 2.24) is 5.32 Å². The summed E-state index contributed by atoms with van der Waals surface area (Å²) in [6, 6.07) is 0. The topological polar surface area (TPSA) is 46.2 Å². The standard InChI is InChI=1S/C7H10F3NO2/c1-3-5(7(8,9)10)6(13)11-4(2)12/h5H,3H2,1-2H3,(H,11,12,13). The van der Waals surface area contributed by atoms with E-state index in [1.807, 2.05) is 0 Å². The first-order chi connectivity index (χ1) is 5.79. The summed E-state index contributed by atoms with van der Waals surface area (Å²) in [5, 5.41) is 1.60. The molecule has 1 unspecified atom stereocenters. The van der Waals surface area contributed by atoms with Crippen LogP contribution in [0.15, 0.2) is 0 Å². The van der Waals surface area contributed by atoms with E-state index in [1.165, 1.54) is 6.92 Å².